The van der Waals surface area contributed by atoms with E-state index in [1.54, 1.807) is 7.11 Å². The zero-order valence-corrected chi connectivity index (χ0v) is 16.0. The molecule has 4 heteroatoms. The van der Waals surface area contributed by atoms with Crippen molar-refractivity contribution in [1.29, 1.82) is 0 Å². The molecular weight excluding hydrogens is 341 g/mol. The van der Waals surface area contributed by atoms with Gasteiger partial charge in [0.05, 0.1) is 5.69 Å². The van der Waals surface area contributed by atoms with Crippen LogP contribution in [0.2, 0.25) is 0 Å². The molecule has 0 saturated heterocycles. The number of para-hydroxylation sites is 2. The molecule has 0 bridgehead atoms. The molecule has 1 atom stereocenters. The Balaban J connectivity index is 1.90. The summed E-state index contributed by atoms with van der Waals surface area (Å²) in [4.78, 5) is 4.62. The van der Waals surface area contributed by atoms with Crippen LogP contribution in [0, 0.1) is 6.92 Å². The second-order valence-corrected chi connectivity index (χ2v) is 7.09. The monoisotopic (exact) mass is 363 g/mol. The fourth-order valence-electron chi connectivity index (χ4n) is 2.58. The number of aryl methyl sites for hydroxylation is 1. The molecule has 0 aliphatic rings. The fourth-order valence-corrected chi connectivity index (χ4v) is 3.88. The number of rotatable bonds is 7. The van der Waals surface area contributed by atoms with Crippen molar-refractivity contribution in [2.75, 3.05) is 13.9 Å². The Kier molecular flexibility index (Phi) is 6.54. The van der Waals surface area contributed by atoms with Gasteiger partial charge in [-0.25, -0.2) is 0 Å². The van der Waals surface area contributed by atoms with Crippen LogP contribution >= 0.6 is 8.58 Å². The highest BCUT2D eigenvalue weighted by Gasteiger charge is 2.09. The summed E-state index contributed by atoms with van der Waals surface area (Å²) in [5.41, 5.74) is 3.34. The zero-order valence-electron chi connectivity index (χ0n) is 15.0. The van der Waals surface area contributed by atoms with Gasteiger partial charge in [0.2, 0.25) is 0 Å². The lowest BCUT2D eigenvalue weighted by Gasteiger charge is -2.14. The normalized spacial score (nSPS) is 11.5. The lowest BCUT2D eigenvalue weighted by atomic mass is 10.1. The summed E-state index contributed by atoms with van der Waals surface area (Å²) in [5.74, 6) is 0.863. The quantitative estimate of drug-likeness (QED) is 0.355. The van der Waals surface area contributed by atoms with Crippen LogP contribution in [0.25, 0.3) is 0 Å². The van der Waals surface area contributed by atoms with E-state index in [-0.39, 0.29) is 6.79 Å². The average molecular weight is 363 g/mol. The molecule has 0 aromatic heterocycles. The average Bonchev–Trinajstić information content (AvgIpc) is 2.68. The number of benzene rings is 3. The van der Waals surface area contributed by atoms with Crippen molar-refractivity contribution >= 4 is 31.1 Å². The topological polar surface area (TPSA) is 30.8 Å². The van der Waals surface area contributed by atoms with E-state index in [0.29, 0.717) is 8.58 Å². The van der Waals surface area contributed by atoms with E-state index < -0.39 is 0 Å². The van der Waals surface area contributed by atoms with Gasteiger partial charge in [-0.15, -0.1) is 0 Å². The minimum atomic E-state index is 0.248. The van der Waals surface area contributed by atoms with Crippen LogP contribution < -0.4 is 15.3 Å². The van der Waals surface area contributed by atoms with Crippen molar-refractivity contribution in [3.8, 4) is 5.75 Å². The SMILES string of the molecule is COCOc1ccccc1Pc1c(C)cccc1C=Nc1ccccc1. The van der Waals surface area contributed by atoms with Crippen LogP contribution in [0.1, 0.15) is 11.1 Å². The zero-order chi connectivity index (χ0) is 18.2. The number of hydrogen-bond acceptors (Lipinski definition) is 3. The van der Waals surface area contributed by atoms with E-state index in [1.165, 1.54) is 10.9 Å². The predicted octanol–water partition coefficient (Wildman–Crippen LogP) is 4.36. The maximum absolute atomic E-state index is 5.72. The van der Waals surface area contributed by atoms with Crippen LogP contribution in [-0.2, 0) is 4.74 Å². The first-order valence-electron chi connectivity index (χ1n) is 8.44. The maximum Gasteiger partial charge on any atom is 0.188 e. The van der Waals surface area contributed by atoms with E-state index >= 15 is 0 Å². The summed E-state index contributed by atoms with van der Waals surface area (Å²) in [6, 6.07) is 24.4. The van der Waals surface area contributed by atoms with E-state index in [0.717, 1.165) is 22.3 Å². The van der Waals surface area contributed by atoms with Crippen LogP contribution in [0.4, 0.5) is 5.69 Å². The number of aliphatic imine (C=N–C) groups is 1. The molecule has 0 radical (unpaired) electrons. The Morgan fingerprint density at radius 3 is 2.50 bits per heavy atom. The molecule has 0 spiro atoms. The minimum Gasteiger partial charge on any atom is -0.467 e. The summed E-state index contributed by atoms with van der Waals surface area (Å²) in [6.45, 7) is 2.39. The summed E-state index contributed by atoms with van der Waals surface area (Å²) >= 11 is 0. The molecule has 0 amide bonds. The first-order chi connectivity index (χ1) is 12.8. The Hall–Kier alpha value is -2.48. The molecule has 3 nitrogen and oxygen atoms in total. The van der Waals surface area contributed by atoms with Crippen LogP contribution in [0.3, 0.4) is 0 Å². The van der Waals surface area contributed by atoms with Gasteiger partial charge in [-0.05, 0) is 36.0 Å². The summed E-state index contributed by atoms with van der Waals surface area (Å²) in [6.07, 6.45) is 1.95. The lowest BCUT2D eigenvalue weighted by Crippen LogP contribution is -2.14. The van der Waals surface area contributed by atoms with Crippen molar-refractivity contribution in [3.63, 3.8) is 0 Å². The molecule has 0 N–H and O–H groups in total. The molecule has 0 saturated carbocycles. The van der Waals surface area contributed by atoms with E-state index in [2.05, 4.69) is 36.2 Å². The first-order valence-corrected chi connectivity index (χ1v) is 9.44. The van der Waals surface area contributed by atoms with Gasteiger partial charge in [0.25, 0.3) is 0 Å². The van der Waals surface area contributed by atoms with Crippen molar-refractivity contribution in [3.05, 3.63) is 83.9 Å². The summed E-state index contributed by atoms with van der Waals surface area (Å²) in [7, 11) is 2.11. The third-order valence-electron chi connectivity index (χ3n) is 3.89. The number of methoxy groups -OCH3 is 1. The molecule has 0 fully saturated rings. The van der Waals surface area contributed by atoms with Crippen LogP contribution in [0.5, 0.6) is 5.75 Å². The minimum absolute atomic E-state index is 0.248. The highest BCUT2D eigenvalue weighted by atomic mass is 31.1. The molecule has 3 aromatic rings. The smallest absolute Gasteiger partial charge is 0.188 e. The third kappa shape index (κ3) is 4.78. The predicted molar refractivity (Wildman–Crippen MR) is 111 cm³/mol. The Morgan fingerprint density at radius 1 is 0.923 bits per heavy atom. The van der Waals surface area contributed by atoms with Gasteiger partial charge in [0.1, 0.15) is 5.75 Å². The molecule has 0 heterocycles. The van der Waals surface area contributed by atoms with Crippen LogP contribution in [-0.4, -0.2) is 20.1 Å². The van der Waals surface area contributed by atoms with Crippen molar-refractivity contribution in [1.82, 2.24) is 0 Å². The maximum atomic E-state index is 5.72. The van der Waals surface area contributed by atoms with Gasteiger partial charge in [0, 0.05) is 24.2 Å². The summed E-state index contributed by atoms with van der Waals surface area (Å²) in [5, 5.41) is 2.44. The van der Waals surface area contributed by atoms with E-state index in [9.17, 15) is 0 Å². The number of hydrogen-bond donors (Lipinski definition) is 0. The molecular formula is C22H22NO2P. The van der Waals surface area contributed by atoms with Crippen molar-refractivity contribution < 1.29 is 9.47 Å². The van der Waals surface area contributed by atoms with Crippen molar-refractivity contribution in [2.24, 2.45) is 4.99 Å². The Labute approximate surface area is 156 Å². The van der Waals surface area contributed by atoms with Crippen molar-refractivity contribution in [2.45, 2.75) is 6.92 Å². The highest BCUT2D eigenvalue weighted by Crippen LogP contribution is 2.22. The molecule has 132 valence electrons. The molecule has 0 aliphatic carbocycles. The van der Waals surface area contributed by atoms with Gasteiger partial charge in [-0.3, -0.25) is 4.99 Å². The second kappa shape index (κ2) is 9.28. The molecule has 3 rings (SSSR count). The van der Waals surface area contributed by atoms with Gasteiger partial charge in [-0.2, -0.15) is 0 Å². The highest BCUT2D eigenvalue weighted by molar-refractivity contribution is 7.56. The first kappa shape index (κ1) is 18.3. The van der Waals surface area contributed by atoms with Gasteiger partial charge >= 0.3 is 0 Å². The van der Waals surface area contributed by atoms with Gasteiger partial charge in [-0.1, -0.05) is 63.2 Å². The Morgan fingerprint density at radius 2 is 1.69 bits per heavy atom. The Bertz CT molecular complexity index is 878. The molecule has 0 aliphatic heterocycles. The van der Waals surface area contributed by atoms with Gasteiger partial charge < -0.3 is 9.47 Å². The van der Waals surface area contributed by atoms with E-state index in [1.807, 2.05) is 54.7 Å². The number of nitrogens with zero attached hydrogens (tertiary/aromatic N) is 1. The molecule has 3 aromatic carbocycles. The van der Waals surface area contributed by atoms with E-state index in [4.69, 9.17) is 9.47 Å². The lowest BCUT2D eigenvalue weighted by molar-refractivity contribution is 0.0519. The largest absolute Gasteiger partial charge is 0.467 e. The van der Waals surface area contributed by atoms with Gasteiger partial charge in [0.15, 0.2) is 6.79 Å². The number of ether oxygens (including phenoxy) is 2. The molecule has 26 heavy (non-hydrogen) atoms. The second-order valence-electron chi connectivity index (χ2n) is 5.80. The summed E-state index contributed by atoms with van der Waals surface area (Å²) < 4.78 is 10.8. The standard InChI is InChI=1S/C22H22NO2P/c1-17-9-8-10-18(15-23-19-11-4-3-5-12-19)22(17)26-21-14-7-6-13-20(21)25-16-24-2/h3-15,26H,16H2,1-2H3. The molecule has 1 unspecified atom stereocenters. The third-order valence-corrected chi connectivity index (χ3v) is 5.51. The van der Waals surface area contributed by atoms with Crippen LogP contribution in [0.15, 0.2) is 77.8 Å². The fraction of sp³-hybridized carbons (Fsp3) is 0.136.